The predicted octanol–water partition coefficient (Wildman–Crippen LogP) is 4.14. The standard InChI is InChI=1S/C29H38N4O5/c1-19-17-21(13-14-23(19)34)24(25(35)32-28(2,3)4)33(16-15-30)26(36)22(18-20-11-9-8-10-12-20)31-27(37)38-29(5,6)7/h8-14,17,22,24,34H,16,18H2,1-7H3,(H,31,37)(H,32,35). The molecular weight excluding hydrogens is 484 g/mol. The number of nitrogens with zero attached hydrogens (tertiary/aromatic N) is 2. The smallest absolute Gasteiger partial charge is 0.408 e. The van der Waals surface area contributed by atoms with Crippen LogP contribution in [0.4, 0.5) is 4.79 Å². The summed E-state index contributed by atoms with van der Waals surface area (Å²) in [6, 6.07) is 13.4. The molecule has 0 fully saturated rings. The molecule has 0 aliphatic heterocycles. The van der Waals surface area contributed by atoms with Crippen LogP contribution in [0.25, 0.3) is 0 Å². The van der Waals surface area contributed by atoms with Gasteiger partial charge in [-0.3, -0.25) is 9.59 Å². The van der Waals surface area contributed by atoms with E-state index < -0.39 is 47.7 Å². The first-order chi connectivity index (χ1) is 17.6. The lowest BCUT2D eigenvalue weighted by Crippen LogP contribution is -2.55. The molecule has 9 heteroatoms. The van der Waals surface area contributed by atoms with Gasteiger partial charge in [-0.25, -0.2) is 4.79 Å². The van der Waals surface area contributed by atoms with Gasteiger partial charge in [-0.2, -0.15) is 5.26 Å². The van der Waals surface area contributed by atoms with Crippen LogP contribution in [-0.4, -0.2) is 51.6 Å². The van der Waals surface area contributed by atoms with Crippen LogP contribution in [0.1, 0.15) is 64.3 Å². The number of aromatic hydroxyl groups is 1. The van der Waals surface area contributed by atoms with Crippen molar-refractivity contribution in [2.24, 2.45) is 0 Å². The molecule has 0 bridgehead atoms. The topological polar surface area (TPSA) is 132 Å². The second-order valence-corrected chi connectivity index (χ2v) is 11.2. The Bertz CT molecular complexity index is 1180. The molecule has 0 aliphatic carbocycles. The number of rotatable bonds is 8. The molecule has 0 spiro atoms. The molecule has 2 aromatic carbocycles. The summed E-state index contributed by atoms with van der Waals surface area (Å²) < 4.78 is 5.39. The molecular formula is C29H38N4O5. The van der Waals surface area contributed by atoms with E-state index >= 15 is 0 Å². The van der Waals surface area contributed by atoms with Crippen LogP contribution in [-0.2, 0) is 20.7 Å². The summed E-state index contributed by atoms with van der Waals surface area (Å²) in [5.74, 6) is -1.08. The van der Waals surface area contributed by atoms with E-state index in [1.807, 2.05) is 57.2 Å². The van der Waals surface area contributed by atoms with Crippen LogP contribution in [0, 0.1) is 18.3 Å². The number of amides is 3. The first-order valence-electron chi connectivity index (χ1n) is 12.4. The Morgan fingerprint density at radius 1 is 1.05 bits per heavy atom. The quantitative estimate of drug-likeness (QED) is 0.447. The van der Waals surface area contributed by atoms with Crippen LogP contribution in [0.3, 0.4) is 0 Å². The van der Waals surface area contributed by atoms with E-state index in [1.165, 1.54) is 6.07 Å². The van der Waals surface area contributed by atoms with Crippen molar-refractivity contribution in [3.05, 3.63) is 65.2 Å². The number of alkyl carbamates (subject to hydrolysis) is 1. The van der Waals surface area contributed by atoms with Crippen molar-refractivity contribution in [3.63, 3.8) is 0 Å². The highest BCUT2D eigenvalue weighted by Crippen LogP contribution is 2.28. The van der Waals surface area contributed by atoms with Gasteiger partial charge in [0.2, 0.25) is 11.8 Å². The minimum absolute atomic E-state index is 0.0374. The minimum atomic E-state index is -1.20. The molecule has 0 saturated heterocycles. The maximum absolute atomic E-state index is 14.1. The molecule has 204 valence electrons. The number of aryl methyl sites for hydroxylation is 1. The third kappa shape index (κ3) is 9.11. The zero-order valence-electron chi connectivity index (χ0n) is 23.2. The highest BCUT2D eigenvalue weighted by atomic mass is 16.6. The van der Waals surface area contributed by atoms with Gasteiger partial charge >= 0.3 is 6.09 Å². The zero-order chi connectivity index (χ0) is 28.7. The fraction of sp³-hybridized carbons (Fsp3) is 0.448. The summed E-state index contributed by atoms with van der Waals surface area (Å²) in [5, 5.41) is 25.3. The third-order valence-electron chi connectivity index (χ3n) is 5.39. The minimum Gasteiger partial charge on any atom is -0.508 e. The average Bonchev–Trinajstić information content (AvgIpc) is 2.78. The largest absolute Gasteiger partial charge is 0.508 e. The predicted molar refractivity (Wildman–Crippen MR) is 144 cm³/mol. The van der Waals surface area contributed by atoms with Crippen LogP contribution < -0.4 is 10.6 Å². The number of phenols is 1. The summed E-state index contributed by atoms with van der Waals surface area (Å²) >= 11 is 0. The Hall–Kier alpha value is -4.06. The number of ether oxygens (including phenoxy) is 1. The van der Waals surface area contributed by atoms with Crippen molar-refractivity contribution < 1.29 is 24.2 Å². The highest BCUT2D eigenvalue weighted by Gasteiger charge is 2.37. The van der Waals surface area contributed by atoms with Crippen LogP contribution in [0.2, 0.25) is 0 Å². The first-order valence-corrected chi connectivity index (χ1v) is 12.4. The van der Waals surface area contributed by atoms with Gasteiger partial charge in [-0.15, -0.1) is 0 Å². The first kappa shape index (κ1) is 30.2. The summed E-state index contributed by atoms with van der Waals surface area (Å²) in [4.78, 5) is 41.5. The second kappa shape index (κ2) is 12.5. The van der Waals surface area contributed by atoms with Crippen molar-refractivity contribution >= 4 is 17.9 Å². The Kier molecular flexibility index (Phi) is 9.89. The second-order valence-electron chi connectivity index (χ2n) is 11.2. The molecule has 3 amide bonds. The zero-order valence-corrected chi connectivity index (χ0v) is 23.2. The summed E-state index contributed by atoms with van der Waals surface area (Å²) in [6.07, 6.45) is -0.678. The summed E-state index contributed by atoms with van der Waals surface area (Å²) in [5.41, 5.74) is 0.278. The SMILES string of the molecule is Cc1cc(C(C(=O)NC(C)(C)C)N(CC#N)C(=O)C(Cc2ccccc2)NC(=O)OC(C)(C)C)ccc1O. The monoisotopic (exact) mass is 522 g/mol. The third-order valence-corrected chi connectivity index (χ3v) is 5.39. The molecule has 2 atom stereocenters. The summed E-state index contributed by atoms with van der Waals surface area (Å²) in [6.45, 7) is 11.8. The molecule has 9 nitrogen and oxygen atoms in total. The van der Waals surface area contributed by atoms with Crippen molar-refractivity contribution in [2.45, 2.75) is 78.1 Å². The van der Waals surface area contributed by atoms with E-state index in [0.29, 0.717) is 11.1 Å². The number of hydrogen-bond donors (Lipinski definition) is 3. The summed E-state index contributed by atoms with van der Waals surface area (Å²) in [7, 11) is 0. The van der Waals surface area contributed by atoms with Crippen molar-refractivity contribution in [1.29, 1.82) is 5.26 Å². The van der Waals surface area contributed by atoms with E-state index in [9.17, 15) is 24.8 Å². The van der Waals surface area contributed by atoms with Crippen LogP contribution in [0.5, 0.6) is 5.75 Å². The lowest BCUT2D eigenvalue weighted by molar-refractivity contribution is -0.142. The molecule has 0 radical (unpaired) electrons. The molecule has 0 aromatic heterocycles. The fourth-order valence-electron chi connectivity index (χ4n) is 3.83. The van der Waals surface area contributed by atoms with Gasteiger partial charge in [0.1, 0.15) is 30.0 Å². The van der Waals surface area contributed by atoms with E-state index in [4.69, 9.17) is 4.74 Å². The Labute approximate surface area is 224 Å². The highest BCUT2D eigenvalue weighted by molar-refractivity contribution is 5.92. The Morgan fingerprint density at radius 3 is 2.21 bits per heavy atom. The maximum Gasteiger partial charge on any atom is 0.408 e. The van der Waals surface area contributed by atoms with Gasteiger partial charge in [0.25, 0.3) is 0 Å². The van der Waals surface area contributed by atoms with Gasteiger partial charge in [0.05, 0.1) is 6.07 Å². The molecule has 3 N–H and O–H groups in total. The van der Waals surface area contributed by atoms with Crippen LogP contribution in [0.15, 0.2) is 48.5 Å². The van der Waals surface area contributed by atoms with Crippen molar-refractivity contribution in [3.8, 4) is 11.8 Å². The van der Waals surface area contributed by atoms with E-state index in [2.05, 4.69) is 10.6 Å². The number of carbonyl (C=O) groups excluding carboxylic acids is 3. The molecule has 38 heavy (non-hydrogen) atoms. The lowest BCUT2D eigenvalue weighted by atomic mass is 9.97. The molecule has 2 rings (SSSR count). The van der Waals surface area contributed by atoms with Crippen molar-refractivity contribution in [2.75, 3.05) is 6.54 Å². The molecule has 2 unspecified atom stereocenters. The molecule has 0 heterocycles. The van der Waals surface area contributed by atoms with Gasteiger partial charge < -0.3 is 25.4 Å². The maximum atomic E-state index is 14.1. The van der Waals surface area contributed by atoms with Gasteiger partial charge in [0.15, 0.2) is 0 Å². The number of benzene rings is 2. The van der Waals surface area contributed by atoms with E-state index in [-0.39, 0.29) is 12.2 Å². The fourth-order valence-corrected chi connectivity index (χ4v) is 3.83. The number of phenolic OH excluding ortho intramolecular Hbond substituents is 1. The van der Waals surface area contributed by atoms with Gasteiger partial charge in [-0.1, -0.05) is 36.4 Å². The number of nitriles is 1. The number of carbonyl (C=O) groups is 3. The molecule has 0 aliphatic rings. The average molecular weight is 523 g/mol. The molecule has 2 aromatic rings. The normalized spacial score (nSPS) is 13.0. The lowest BCUT2D eigenvalue weighted by Gasteiger charge is -2.34. The Morgan fingerprint density at radius 2 is 1.68 bits per heavy atom. The number of nitrogens with one attached hydrogen (secondary N) is 2. The van der Waals surface area contributed by atoms with E-state index in [1.54, 1.807) is 39.8 Å². The number of hydrogen-bond acceptors (Lipinski definition) is 6. The molecule has 0 saturated carbocycles. The van der Waals surface area contributed by atoms with Gasteiger partial charge in [0, 0.05) is 12.0 Å². The Balaban J connectivity index is 2.57. The van der Waals surface area contributed by atoms with Gasteiger partial charge in [-0.05, 0) is 77.3 Å². The van der Waals surface area contributed by atoms with E-state index in [0.717, 1.165) is 10.5 Å². The van der Waals surface area contributed by atoms with Crippen molar-refractivity contribution in [1.82, 2.24) is 15.5 Å². The van der Waals surface area contributed by atoms with Crippen LogP contribution >= 0.6 is 0 Å².